The van der Waals surface area contributed by atoms with Crippen LogP contribution in [0.5, 0.6) is 0 Å². The lowest BCUT2D eigenvalue weighted by atomic mass is 9.75. The molecule has 1 fully saturated rings. The summed E-state index contributed by atoms with van der Waals surface area (Å²) in [7, 11) is 0. The van der Waals surface area contributed by atoms with Crippen molar-refractivity contribution in [1.82, 2.24) is 5.32 Å². The van der Waals surface area contributed by atoms with Gasteiger partial charge in [0.05, 0.1) is 0 Å². The molecule has 1 N–H and O–H groups in total. The molecular weight excluding hydrogens is 165 g/mol. The fourth-order valence-corrected chi connectivity index (χ4v) is 1.70. The number of alkyl halides is 1. The lowest BCUT2D eigenvalue weighted by molar-refractivity contribution is 0.0310. The van der Waals surface area contributed by atoms with Crippen LogP contribution in [0.25, 0.3) is 0 Å². The van der Waals surface area contributed by atoms with Gasteiger partial charge in [-0.15, -0.1) is 0 Å². The number of hydrogen-bond donors (Lipinski definition) is 1. The molecular formula is C11H22FN. The summed E-state index contributed by atoms with van der Waals surface area (Å²) in [5.41, 5.74) is -1.31. The van der Waals surface area contributed by atoms with Crippen LogP contribution in [0.3, 0.4) is 0 Å². The van der Waals surface area contributed by atoms with E-state index in [2.05, 4.69) is 5.32 Å². The predicted molar refractivity (Wildman–Crippen MR) is 54.6 cm³/mol. The molecule has 2 unspecified atom stereocenters. The van der Waals surface area contributed by atoms with Crippen LogP contribution in [0, 0.1) is 5.41 Å². The van der Waals surface area contributed by atoms with E-state index < -0.39 is 5.67 Å². The highest BCUT2D eigenvalue weighted by molar-refractivity contribution is 4.92. The maximum atomic E-state index is 14.2. The van der Waals surface area contributed by atoms with Gasteiger partial charge in [-0.1, -0.05) is 20.8 Å². The third kappa shape index (κ3) is 2.67. The van der Waals surface area contributed by atoms with Crippen molar-refractivity contribution in [3.8, 4) is 0 Å². The summed E-state index contributed by atoms with van der Waals surface area (Å²) in [5.74, 6) is 0. The predicted octanol–water partition coefficient (Wildman–Crippen LogP) is 2.90. The van der Waals surface area contributed by atoms with Crippen molar-refractivity contribution >= 4 is 0 Å². The summed E-state index contributed by atoms with van der Waals surface area (Å²) in [5, 5.41) is 3.34. The van der Waals surface area contributed by atoms with Crippen LogP contribution in [0.4, 0.5) is 4.39 Å². The highest BCUT2D eigenvalue weighted by Gasteiger charge is 2.39. The molecule has 0 aromatic carbocycles. The standard InChI is InChI=1S/C11H22FN/c1-10(2,3)11(4,12)8-9-6-5-7-13-9/h9,13H,5-8H2,1-4H3. The molecule has 0 radical (unpaired) electrons. The average Bonchev–Trinajstić information content (AvgIpc) is 2.35. The summed E-state index contributed by atoms with van der Waals surface area (Å²) in [6.45, 7) is 8.71. The lowest BCUT2D eigenvalue weighted by Gasteiger charge is -2.36. The number of hydrogen-bond acceptors (Lipinski definition) is 1. The number of rotatable bonds is 2. The molecule has 1 aliphatic rings. The van der Waals surface area contributed by atoms with Crippen LogP contribution >= 0.6 is 0 Å². The summed E-state index contributed by atoms with van der Waals surface area (Å²) in [6.07, 6.45) is 2.98. The van der Waals surface area contributed by atoms with Gasteiger partial charge >= 0.3 is 0 Å². The Hall–Kier alpha value is -0.110. The van der Waals surface area contributed by atoms with Gasteiger partial charge in [-0.25, -0.2) is 4.39 Å². The Labute approximate surface area is 81.1 Å². The summed E-state index contributed by atoms with van der Waals surface area (Å²) in [6, 6.07) is 0.397. The molecule has 0 bridgehead atoms. The van der Waals surface area contributed by atoms with Crippen molar-refractivity contribution < 1.29 is 4.39 Å². The van der Waals surface area contributed by atoms with Crippen molar-refractivity contribution in [2.45, 2.75) is 58.7 Å². The van der Waals surface area contributed by atoms with Crippen LogP contribution in [-0.4, -0.2) is 18.3 Å². The van der Waals surface area contributed by atoms with Gasteiger partial charge in [-0.3, -0.25) is 0 Å². The first-order chi connectivity index (χ1) is 5.83. The molecule has 0 aromatic rings. The summed E-state index contributed by atoms with van der Waals surface area (Å²) < 4.78 is 14.2. The van der Waals surface area contributed by atoms with E-state index in [-0.39, 0.29) is 5.41 Å². The second-order valence-corrected chi connectivity index (χ2v) is 5.44. The highest BCUT2D eigenvalue weighted by atomic mass is 19.1. The topological polar surface area (TPSA) is 12.0 Å². The van der Waals surface area contributed by atoms with Crippen LogP contribution in [0.15, 0.2) is 0 Å². The van der Waals surface area contributed by atoms with Crippen LogP contribution < -0.4 is 5.32 Å². The van der Waals surface area contributed by atoms with E-state index in [1.807, 2.05) is 20.8 Å². The van der Waals surface area contributed by atoms with Crippen molar-refractivity contribution in [2.24, 2.45) is 5.41 Å². The zero-order chi connectivity index (χ0) is 10.1. The minimum absolute atomic E-state index is 0.253. The molecule has 0 amide bonds. The SMILES string of the molecule is CC(C)(C)C(C)(F)CC1CCCN1. The smallest absolute Gasteiger partial charge is 0.114 e. The minimum atomic E-state index is -1.06. The Bertz CT molecular complexity index is 163. The fourth-order valence-electron chi connectivity index (χ4n) is 1.70. The number of halogens is 1. The Kier molecular flexibility index (Phi) is 3.01. The minimum Gasteiger partial charge on any atom is -0.314 e. The van der Waals surface area contributed by atoms with E-state index in [1.54, 1.807) is 6.92 Å². The van der Waals surface area contributed by atoms with E-state index in [9.17, 15) is 4.39 Å². The molecule has 0 aliphatic carbocycles. The second kappa shape index (κ2) is 3.56. The Morgan fingerprint density at radius 1 is 1.31 bits per heavy atom. The average molecular weight is 187 g/mol. The van der Waals surface area contributed by atoms with Crippen molar-refractivity contribution in [2.75, 3.05) is 6.54 Å². The second-order valence-electron chi connectivity index (χ2n) is 5.44. The fraction of sp³-hybridized carbons (Fsp3) is 1.00. The maximum Gasteiger partial charge on any atom is 0.114 e. The van der Waals surface area contributed by atoms with E-state index in [1.165, 1.54) is 6.42 Å². The van der Waals surface area contributed by atoms with Crippen LogP contribution in [-0.2, 0) is 0 Å². The quantitative estimate of drug-likeness (QED) is 0.701. The third-order valence-corrected chi connectivity index (χ3v) is 3.36. The van der Waals surface area contributed by atoms with E-state index >= 15 is 0 Å². The normalized spacial score (nSPS) is 28.8. The molecule has 13 heavy (non-hydrogen) atoms. The first-order valence-corrected chi connectivity index (χ1v) is 5.25. The molecule has 78 valence electrons. The summed E-state index contributed by atoms with van der Waals surface area (Å²) in [4.78, 5) is 0. The van der Waals surface area contributed by atoms with Gasteiger partial charge in [0.15, 0.2) is 0 Å². The van der Waals surface area contributed by atoms with Crippen molar-refractivity contribution in [3.63, 3.8) is 0 Å². The van der Waals surface area contributed by atoms with Gasteiger partial charge in [0.25, 0.3) is 0 Å². The monoisotopic (exact) mass is 187 g/mol. The number of nitrogens with one attached hydrogen (secondary N) is 1. The Balaban J connectivity index is 2.50. The molecule has 1 saturated heterocycles. The third-order valence-electron chi connectivity index (χ3n) is 3.36. The van der Waals surface area contributed by atoms with Crippen LogP contribution in [0.1, 0.15) is 47.0 Å². The Morgan fingerprint density at radius 3 is 2.31 bits per heavy atom. The maximum absolute atomic E-state index is 14.2. The van der Waals surface area contributed by atoms with E-state index in [0.717, 1.165) is 13.0 Å². The largest absolute Gasteiger partial charge is 0.314 e. The molecule has 0 aromatic heterocycles. The molecule has 0 spiro atoms. The first kappa shape index (κ1) is 11.0. The molecule has 1 nitrogen and oxygen atoms in total. The molecule has 1 rings (SSSR count). The molecule has 2 heteroatoms. The zero-order valence-electron chi connectivity index (χ0n) is 9.28. The molecule has 1 heterocycles. The molecule has 1 aliphatic heterocycles. The van der Waals surface area contributed by atoms with Gasteiger partial charge in [0, 0.05) is 6.04 Å². The van der Waals surface area contributed by atoms with Crippen molar-refractivity contribution in [1.29, 1.82) is 0 Å². The molecule has 0 saturated carbocycles. The van der Waals surface area contributed by atoms with E-state index in [0.29, 0.717) is 12.5 Å². The molecule has 2 atom stereocenters. The van der Waals surface area contributed by atoms with Gasteiger partial charge in [-0.2, -0.15) is 0 Å². The van der Waals surface area contributed by atoms with Gasteiger partial charge in [0.1, 0.15) is 5.67 Å². The summed E-state index contributed by atoms with van der Waals surface area (Å²) >= 11 is 0. The van der Waals surface area contributed by atoms with Gasteiger partial charge < -0.3 is 5.32 Å². The van der Waals surface area contributed by atoms with Gasteiger partial charge in [0.2, 0.25) is 0 Å². The highest BCUT2D eigenvalue weighted by Crippen LogP contribution is 2.38. The Morgan fingerprint density at radius 2 is 1.92 bits per heavy atom. The zero-order valence-corrected chi connectivity index (χ0v) is 9.28. The lowest BCUT2D eigenvalue weighted by Crippen LogP contribution is -2.41. The van der Waals surface area contributed by atoms with Crippen molar-refractivity contribution in [3.05, 3.63) is 0 Å². The van der Waals surface area contributed by atoms with E-state index in [4.69, 9.17) is 0 Å². The van der Waals surface area contributed by atoms with Crippen LogP contribution in [0.2, 0.25) is 0 Å². The van der Waals surface area contributed by atoms with Gasteiger partial charge in [-0.05, 0) is 38.1 Å². The first-order valence-electron chi connectivity index (χ1n) is 5.25.